The average molecular weight is 660 g/mol. The predicted octanol–water partition coefficient (Wildman–Crippen LogP) is 5.18. The van der Waals surface area contributed by atoms with Gasteiger partial charge in [0.2, 0.25) is 5.91 Å². The van der Waals surface area contributed by atoms with Crippen molar-refractivity contribution in [1.82, 2.24) is 4.90 Å². The maximum atomic E-state index is 14.8. The minimum atomic E-state index is -0.950. The topological polar surface area (TPSA) is 87.2 Å². The van der Waals surface area contributed by atoms with E-state index in [1.54, 1.807) is 41.3 Å². The number of thioether (sulfide) groups is 1. The number of fused-ring (bicyclic) bond motifs is 1. The molecule has 2 amide bonds. The van der Waals surface area contributed by atoms with E-state index in [2.05, 4.69) is 29.1 Å². The van der Waals surface area contributed by atoms with Crippen LogP contribution in [-0.2, 0) is 19.1 Å². The first-order chi connectivity index (χ1) is 19.8. The molecular weight excluding hydrogens is 628 g/mol. The van der Waals surface area contributed by atoms with Crippen LogP contribution in [0.2, 0.25) is 5.02 Å². The molecule has 1 N–H and O–H groups in total. The summed E-state index contributed by atoms with van der Waals surface area (Å²) >= 11 is 11.4. The molecule has 2 bridgehead atoms. The average Bonchev–Trinajstić information content (AvgIpc) is 3.57. The summed E-state index contributed by atoms with van der Waals surface area (Å²) in [5.41, 5.74) is 1.32. The molecule has 0 aromatic heterocycles. The zero-order chi connectivity index (χ0) is 29.3. The van der Waals surface area contributed by atoms with Gasteiger partial charge in [0.1, 0.15) is 6.04 Å². The number of aliphatic hydroxyl groups excluding tert-OH is 1. The third-order valence-corrected chi connectivity index (χ3v) is 11.7. The van der Waals surface area contributed by atoms with Crippen molar-refractivity contribution in [2.24, 2.45) is 11.8 Å². The Balaban J connectivity index is 1.63. The number of carbonyl (C=O) groups is 3. The molecular formula is C31H32BrClN2O5S. The third-order valence-electron chi connectivity index (χ3n) is 8.21. The number of anilines is 1. The van der Waals surface area contributed by atoms with Crippen molar-refractivity contribution >= 4 is 62.8 Å². The number of hydrogen-bond acceptors (Lipinski definition) is 6. The summed E-state index contributed by atoms with van der Waals surface area (Å²) in [5.74, 6) is -2.56. The van der Waals surface area contributed by atoms with E-state index in [1.807, 2.05) is 30.3 Å². The van der Waals surface area contributed by atoms with Gasteiger partial charge in [-0.25, -0.2) is 0 Å². The van der Waals surface area contributed by atoms with Crippen LogP contribution in [0.4, 0.5) is 5.69 Å². The Hall–Kier alpha value is -2.59. The highest BCUT2D eigenvalue weighted by atomic mass is 79.9. The van der Waals surface area contributed by atoms with E-state index < -0.39 is 34.6 Å². The van der Waals surface area contributed by atoms with E-state index >= 15 is 0 Å². The number of carbonyl (C=O) groups excluding carboxylic acids is 3. The Morgan fingerprint density at radius 2 is 1.90 bits per heavy atom. The van der Waals surface area contributed by atoms with Gasteiger partial charge in [0.15, 0.2) is 0 Å². The van der Waals surface area contributed by atoms with Crippen molar-refractivity contribution in [2.45, 2.75) is 39.7 Å². The van der Waals surface area contributed by atoms with E-state index in [4.69, 9.17) is 16.3 Å². The second-order valence-corrected chi connectivity index (χ2v) is 13.6. The minimum absolute atomic E-state index is 0.101. The molecule has 10 heteroatoms. The lowest BCUT2D eigenvalue weighted by molar-refractivity contribution is -0.154. The quantitative estimate of drug-likeness (QED) is 0.155. The van der Waals surface area contributed by atoms with E-state index in [9.17, 15) is 19.5 Å². The lowest BCUT2D eigenvalue weighted by atomic mass is 9.71. The van der Waals surface area contributed by atoms with Crippen molar-refractivity contribution in [1.29, 1.82) is 0 Å². The number of amides is 2. The van der Waals surface area contributed by atoms with Gasteiger partial charge in [-0.2, -0.15) is 0 Å². The first kappa shape index (κ1) is 29.9. The monoisotopic (exact) mass is 658 g/mol. The fourth-order valence-corrected chi connectivity index (χ4v) is 10.2. The summed E-state index contributed by atoms with van der Waals surface area (Å²) in [6, 6.07) is 14.4. The molecule has 0 saturated carbocycles. The van der Waals surface area contributed by atoms with Gasteiger partial charge < -0.3 is 19.6 Å². The number of halogens is 2. The highest BCUT2D eigenvalue weighted by Gasteiger charge is 2.76. The molecule has 216 valence electrons. The summed E-state index contributed by atoms with van der Waals surface area (Å²) in [5, 5.41) is 11.0. The molecule has 3 aliphatic rings. The standard InChI is InChI=1S/C31H32BrClN2O5S/c1-3-5-16-40-30(39)24-25-28(37)35(23(18-36)19-9-7-6-8-10-19)27(31(25)17-22(32)26(24)41-31)29(38)34(15-4-2)21-13-11-20(33)12-14-21/h3-4,6-14,22-27,36H,1-2,5,15-18H2/t22?,23-,24-,25+,26-,27?,31?/m1/s1. The third kappa shape index (κ3) is 5.15. The molecule has 5 rings (SSSR count). The lowest BCUT2D eigenvalue weighted by Crippen LogP contribution is -2.56. The van der Waals surface area contributed by atoms with Crippen LogP contribution < -0.4 is 4.90 Å². The molecule has 2 aromatic carbocycles. The molecule has 0 aliphatic carbocycles. The number of benzene rings is 2. The smallest absolute Gasteiger partial charge is 0.310 e. The summed E-state index contributed by atoms with van der Waals surface area (Å²) in [6.45, 7) is 7.54. The van der Waals surface area contributed by atoms with Crippen LogP contribution in [0.5, 0.6) is 0 Å². The van der Waals surface area contributed by atoms with E-state index in [0.29, 0.717) is 29.1 Å². The molecule has 3 fully saturated rings. The highest BCUT2D eigenvalue weighted by Crippen LogP contribution is 2.68. The molecule has 3 aliphatic heterocycles. The number of alkyl halides is 1. The minimum Gasteiger partial charge on any atom is -0.465 e. The Kier molecular flexibility index (Phi) is 8.99. The number of ether oxygens (including phenoxy) is 1. The molecule has 41 heavy (non-hydrogen) atoms. The molecule has 2 aromatic rings. The van der Waals surface area contributed by atoms with Crippen LogP contribution in [0.15, 0.2) is 79.9 Å². The van der Waals surface area contributed by atoms with Gasteiger partial charge in [0.25, 0.3) is 5.91 Å². The number of esters is 1. The van der Waals surface area contributed by atoms with Gasteiger partial charge in [-0.1, -0.05) is 70.0 Å². The normalized spacial score (nSPS) is 28.7. The molecule has 3 saturated heterocycles. The Morgan fingerprint density at radius 1 is 1.20 bits per heavy atom. The van der Waals surface area contributed by atoms with Gasteiger partial charge in [-0.05, 0) is 42.7 Å². The molecule has 1 spiro atoms. The highest BCUT2D eigenvalue weighted by molar-refractivity contribution is 9.09. The van der Waals surface area contributed by atoms with E-state index in [-0.39, 0.29) is 41.6 Å². The van der Waals surface area contributed by atoms with E-state index in [1.165, 1.54) is 16.7 Å². The molecule has 3 heterocycles. The number of hydrogen-bond donors (Lipinski definition) is 1. The van der Waals surface area contributed by atoms with Crippen LogP contribution in [-0.4, -0.2) is 68.4 Å². The van der Waals surface area contributed by atoms with Gasteiger partial charge in [0.05, 0.1) is 35.8 Å². The van der Waals surface area contributed by atoms with Crippen molar-refractivity contribution < 1.29 is 24.2 Å². The van der Waals surface area contributed by atoms with Gasteiger partial charge in [-0.3, -0.25) is 14.4 Å². The van der Waals surface area contributed by atoms with Crippen LogP contribution in [0.1, 0.15) is 24.4 Å². The van der Waals surface area contributed by atoms with Crippen LogP contribution in [0.25, 0.3) is 0 Å². The van der Waals surface area contributed by atoms with Crippen molar-refractivity contribution in [3.05, 3.63) is 90.5 Å². The maximum absolute atomic E-state index is 14.8. The van der Waals surface area contributed by atoms with Crippen LogP contribution in [0.3, 0.4) is 0 Å². The van der Waals surface area contributed by atoms with Crippen LogP contribution in [0, 0.1) is 11.8 Å². The summed E-state index contributed by atoms with van der Waals surface area (Å²) in [6.07, 6.45) is 4.32. The van der Waals surface area contributed by atoms with Crippen molar-refractivity contribution in [2.75, 3.05) is 24.7 Å². The fourth-order valence-electron chi connectivity index (χ4n) is 6.54. The number of nitrogens with zero attached hydrogens (tertiary/aromatic N) is 2. The predicted molar refractivity (Wildman–Crippen MR) is 165 cm³/mol. The summed E-state index contributed by atoms with van der Waals surface area (Å²) in [7, 11) is 0. The lowest BCUT2D eigenvalue weighted by Gasteiger charge is -2.40. The maximum Gasteiger partial charge on any atom is 0.310 e. The molecule has 0 radical (unpaired) electrons. The summed E-state index contributed by atoms with van der Waals surface area (Å²) in [4.78, 5) is 45.8. The zero-order valence-electron chi connectivity index (χ0n) is 22.4. The van der Waals surface area contributed by atoms with Crippen LogP contribution >= 0.6 is 39.3 Å². The fraction of sp³-hybridized carbons (Fsp3) is 0.387. The molecule has 3 unspecified atom stereocenters. The van der Waals surface area contributed by atoms with E-state index in [0.717, 1.165) is 0 Å². The SMILES string of the molecule is C=CCCOC(=O)[C@H]1[C@@H]2SC3(CC2Br)C(C(=O)N(CC=C)c2ccc(Cl)cc2)N([C@H](CO)c2ccccc2)C(=O)[C@H]13. The Morgan fingerprint density at radius 3 is 2.54 bits per heavy atom. The number of likely N-dealkylation sites (tertiary alicyclic amines) is 1. The Labute approximate surface area is 257 Å². The van der Waals surface area contributed by atoms with Crippen molar-refractivity contribution in [3.63, 3.8) is 0 Å². The first-order valence-electron chi connectivity index (χ1n) is 13.5. The van der Waals surface area contributed by atoms with Gasteiger partial charge >= 0.3 is 5.97 Å². The molecule has 7 atom stereocenters. The summed E-state index contributed by atoms with van der Waals surface area (Å²) < 4.78 is 4.70. The first-order valence-corrected chi connectivity index (χ1v) is 15.7. The Bertz CT molecular complexity index is 1330. The van der Waals surface area contributed by atoms with Gasteiger partial charge in [-0.15, -0.1) is 24.9 Å². The zero-order valence-corrected chi connectivity index (χ0v) is 25.6. The van der Waals surface area contributed by atoms with Gasteiger partial charge in [0, 0.05) is 27.3 Å². The number of rotatable bonds is 11. The number of aliphatic hydroxyl groups is 1. The molecule has 7 nitrogen and oxygen atoms in total. The van der Waals surface area contributed by atoms with Crippen molar-refractivity contribution in [3.8, 4) is 0 Å². The second kappa shape index (κ2) is 12.3. The largest absolute Gasteiger partial charge is 0.465 e. The second-order valence-electron chi connectivity index (χ2n) is 10.5.